The fraction of sp³-hybridized carbons (Fsp3) is 0.611. The van der Waals surface area contributed by atoms with E-state index in [2.05, 4.69) is 72.1 Å². The first kappa shape index (κ1) is 15.1. The zero-order valence-electron chi connectivity index (χ0n) is 14.3. The molecule has 0 aliphatic carbocycles. The van der Waals surface area contributed by atoms with Gasteiger partial charge >= 0.3 is 0 Å². The van der Waals surface area contributed by atoms with Crippen molar-refractivity contribution in [2.45, 2.75) is 72.6 Å². The molecule has 0 N–H and O–H groups in total. The van der Waals surface area contributed by atoms with Gasteiger partial charge in [0.1, 0.15) is 5.65 Å². The lowest BCUT2D eigenvalue weighted by atomic mass is 9.79. The lowest BCUT2D eigenvalue weighted by Crippen LogP contribution is -2.25. The van der Waals surface area contributed by atoms with Crippen LogP contribution in [0.2, 0.25) is 0 Å². The van der Waals surface area contributed by atoms with Gasteiger partial charge in [-0.1, -0.05) is 41.5 Å². The van der Waals surface area contributed by atoms with Crippen molar-refractivity contribution in [2.24, 2.45) is 0 Å². The summed E-state index contributed by atoms with van der Waals surface area (Å²) in [6.45, 7) is 18.0. The maximum atomic E-state index is 4.96. The third-order valence-electron chi connectivity index (χ3n) is 4.46. The van der Waals surface area contributed by atoms with Gasteiger partial charge in [0, 0.05) is 17.0 Å². The Morgan fingerprint density at radius 3 is 2.15 bits per heavy atom. The van der Waals surface area contributed by atoms with E-state index in [4.69, 9.17) is 4.98 Å². The van der Waals surface area contributed by atoms with Gasteiger partial charge in [-0.3, -0.25) is 0 Å². The molecule has 0 bridgehead atoms. The number of nitrogens with zero attached hydrogens (tertiary/aromatic N) is 2. The summed E-state index contributed by atoms with van der Waals surface area (Å²) >= 11 is 0. The van der Waals surface area contributed by atoms with Crippen molar-refractivity contribution >= 4 is 5.65 Å². The maximum Gasteiger partial charge on any atom is 0.137 e. The molecular weight excluding hydrogens is 244 g/mol. The minimum Gasteiger partial charge on any atom is -0.303 e. The maximum absolute atomic E-state index is 4.96. The number of hydrogen-bond acceptors (Lipinski definition) is 1. The van der Waals surface area contributed by atoms with Gasteiger partial charge in [-0.2, -0.15) is 0 Å². The third-order valence-corrected chi connectivity index (χ3v) is 4.46. The summed E-state index contributed by atoms with van der Waals surface area (Å²) in [5, 5.41) is 0. The van der Waals surface area contributed by atoms with Crippen LogP contribution in [0.5, 0.6) is 0 Å². The molecule has 2 aromatic rings. The largest absolute Gasteiger partial charge is 0.303 e. The molecule has 2 aromatic heterocycles. The van der Waals surface area contributed by atoms with Crippen molar-refractivity contribution in [2.75, 3.05) is 0 Å². The Hall–Kier alpha value is -1.31. The number of aryl methyl sites for hydroxylation is 2. The molecular formula is C18H28N2. The minimum absolute atomic E-state index is 0.0651. The Labute approximate surface area is 123 Å². The normalized spacial score (nSPS) is 13.2. The van der Waals surface area contributed by atoms with Crippen LogP contribution >= 0.6 is 0 Å². The fourth-order valence-electron chi connectivity index (χ4n) is 2.62. The predicted molar refractivity (Wildman–Crippen MR) is 86.7 cm³/mol. The summed E-state index contributed by atoms with van der Waals surface area (Å²) in [5.41, 5.74) is 6.50. The molecule has 0 aliphatic heterocycles. The van der Waals surface area contributed by atoms with Gasteiger partial charge in [0.25, 0.3) is 0 Å². The molecule has 0 aliphatic rings. The lowest BCUT2D eigenvalue weighted by Gasteiger charge is -2.28. The van der Waals surface area contributed by atoms with Gasteiger partial charge in [-0.25, -0.2) is 4.98 Å². The van der Waals surface area contributed by atoms with E-state index < -0.39 is 0 Å². The van der Waals surface area contributed by atoms with Crippen LogP contribution in [0.15, 0.2) is 12.3 Å². The number of fused-ring (bicyclic) bond motifs is 1. The van der Waals surface area contributed by atoms with Crippen LogP contribution in [0.1, 0.15) is 70.5 Å². The van der Waals surface area contributed by atoms with Crippen LogP contribution in [0, 0.1) is 13.8 Å². The molecule has 0 saturated heterocycles. The molecule has 20 heavy (non-hydrogen) atoms. The first-order valence-electron chi connectivity index (χ1n) is 7.58. The Bertz CT molecular complexity index is 639. The summed E-state index contributed by atoms with van der Waals surface area (Å²) in [4.78, 5) is 4.96. The first-order chi connectivity index (χ1) is 9.08. The average molecular weight is 272 g/mol. The number of imidazole rings is 1. The van der Waals surface area contributed by atoms with E-state index >= 15 is 0 Å². The van der Waals surface area contributed by atoms with Crippen molar-refractivity contribution in [3.8, 4) is 0 Å². The fourth-order valence-corrected chi connectivity index (χ4v) is 2.62. The topological polar surface area (TPSA) is 17.3 Å². The molecule has 0 amide bonds. The zero-order chi connectivity index (χ0) is 15.3. The quantitative estimate of drug-likeness (QED) is 0.757. The smallest absolute Gasteiger partial charge is 0.137 e. The van der Waals surface area contributed by atoms with E-state index in [1.54, 1.807) is 0 Å². The summed E-state index contributed by atoms with van der Waals surface area (Å²) in [5.74, 6) is 0. The second-order valence-electron chi connectivity index (χ2n) is 7.66. The number of aromatic nitrogens is 2. The number of rotatable bonds is 2. The van der Waals surface area contributed by atoms with Gasteiger partial charge in [-0.15, -0.1) is 0 Å². The standard InChI is InChI=1S/C18H28N2/c1-9-18(7,8)16-15(17(4,5)6)19-14-10-12(2)13(3)11-20(14)16/h10-11H,9H2,1-8H3. The Morgan fingerprint density at radius 2 is 1.65 bits per heavy atom. The second kappa shape index (κ2) is 4.61. The SMILES string of the molecule is CCC(C)(C)c1c(C(C)(C)C)nc2cc(C)c(C)cn12. The van der Waals surface area contributed by atoms with Crippen LogP contribution in [-0.4, -0.2) is 9.38 Å². The molecule has 0 aromatic carbocycles. The Balaban J connectivity index is 2.89. The molecule has 0 fully saturated rings. The third kappa shape index (κ3) is 2.36. The van der Waals surface area contributed by atoms with Crippen molar-refractivity contribution in [3.63, 3.8) is 0 Å². The summed E-state index contributed by atoms with van der Waals surface area (Å²) in [6, 6.07) is 2.21. The summed E-state index contributed by atoms with van der Waals surface area (Å²) < 4.78 is 2.31. The molecule has 0 unspecified atom stereocenters. The van der Waals surface area contributed by atoms with E-state index in [1.165, 1.54) is 22.5 Å². The zero-order valence-corrected chi connectivity index (χ0v) is 14.3. The van der Waals surface area contributed by atoms with Gasteiger partial charge in [0.05, 0.1) is 11.4 Å². The second-order valence-corrected chi connectivity index (χ2v) is 7.66. The van der Waals surface area contributed by atoms with Gasteiger partial charge < -0.3 is 4.40 Å². The van der Waals surface area contributed by atoms with Crippen molar-refractivity contribution in [1.82, 2.24) is 9.38 Å². The highest BCUT2D eigenvalue weighted by molar-refractivity contribution is 5.50. The van der Waals surface area contributed by atoms with Crippen molar-refractivity contribution < 1.29 is 0 Å². The Morgan fingerprint density at radius 1 is 1.05 bits per heavy atom. The highest BCUT2D eigenvalue weighted by Gasteiger charge is 2.32. The summed E-state index contributed by atoms with van der Waals surface area (Å²) in [7, 11) is 0. The van der Waals surface area contributed by atoms with Crippen LogP contribution in [0.3, 0.4) is 0 Å². The highest BCUT2D eigenvalue weighted by atomic mass is 15.0. The molecule has 0 radical (unpaired) electrons. The van der Waals surface area contributed by atoms with Crippen LogP contribution < -0.4 is 0 Å². The van der Waals surface area contributed by atoms with Crippen LogP contribution in [0.4, 0.5) is 0 Å². The molecule has 2 heteroatoms. The lowest BCUT2D eigenvalue weighted by molar-refractivity contribution is 0.459. The van der Waals surface area contributed by atoms with Crippen molar-refractivity contribution in [3.05, 3.63) is 34.8 Å². The van der Waals surface area contributed by atoms with Crippen molar-refractivity contribution in [1.29, 1.82) is 0 Å². The molecule has 110 valence electrons. The molecule has 0 spiro atoms. The molecule has 0 atom stereocenters. The minimum atomic E-state index is 0.0651. The average Bonchev–Trinajstić information content (AvgIpc) is 2.69. The highest BCUT2D eigenvalue weighted by Crippen LogP contribution is 2.36. The van der Waals surface area contributed by atoms with Gasteiger partial charge in [0.15, 0.2) is 0 Å². The first-order valence-corrected chi connectivity index (χ1v) is 7.58. The summed E-state index contributed by atoms with van der Waals surface area (Å²) in [6.07, 6.45) is 3.36. The Kier molecular flexibility index (Phi) is 3.48. The number of pyridine rings is 1. The van der Waals surface area contributed by atoms with Gasteiger partial charge in [-0.05, 0) is 37.5 Å². The molecule has 2 rings (SSSR count). The monoisotopic (exact) mass is 272 g/mol. The van der Waals surface area contributed by atoms with Crippen LogP contribution in [-0.2, 0) is 10.8 Å². The van der Waals surface area contributed by atoms with E-state index in [9.17, 15) is 0 Å². The predicted octanol–water partition coefficient (Wildman–Crippen LogP) is 4.94. The van der Waals surface area contributed by atoms with E-state index in [-0.39, 0.29) is 10.8 Å². The van der Waals surface area contributed by atoms with E-state index in [0.29, 0.717) is 0 Å². The molecule has 2 heterocycles. The number of hydrogen-bond donors (Lipinski definition) is 0. The van der Waals surface area contributed by atoms with Crippen LogP contribution in [0.25, 0.3) is 5.65 Å². The van der Waals surface area contributed by atoms with E-state index in [0.717, 1.165) is 12.1 Å². The van der Waals surface area contributed by atoms with E-state index in [1.807, 2.05) is 0 Å². The van der Waals surface area contributed by atoms with Gasteiger partial charge in [0.2, 0.25) is 0 Å². The molecule has 2 nitrogen and oxygen atoms in total. The molecule has 0 saturated carbocycles.